The average Bonchev–Trinajstić information content (AvgIpc) is 2.53. The smallest absolute Gasteiger partial charge is 0.246 e. The SMILES string of the molecule is CN(CC(=O)Nc1ccc(F)c(Cl)c1)S(=O)(=O)c1cc(Br)cnc1N. The van der Waals surface area contributed by atoms with E-state index in [1.165, 1.54) is 31.4 Å². The van der Waals surface area contributed by atoms with Crippen molar-refractivity contribution in [3.05, 3.63) is 45.8 Å². The molecule has 11 heteroatoms. The molecule has 0 saturated carbocycles. The van der Waals surface area contributed by atoms with Gasteiger partial charge in [0.05, 0.1) is 11.6 Å². The van der Waals surface area contributed by atoms with Crippen molar-refractivity contribution in [3.8, 4) is 0 Å². The van der Waals surface area contributed by atoms with E-state index in [1.807, 2.05) is 0 Å². The van der Waals surface area contributed by atoms with E-state index >= 15 is 0 Å². The summed E-state index contributed by atoms with van der Waals surface area (Å²) in [6.07, 6.45) is 1.36. The molecule has 1 amide bonds. The Morgan fingerprint density at radius 1 is 1.44 bits per heavy atom. The highest BCUT2D eigenvalue weighted by Crippen LogP contribution is 2.23. The quantitative estimate of drug-likeness (QED) is 0.726. The number of pyridine rings is 1. The van der Waals surface area contributed by atoms with Crippen LogP contribution < -0.4 is 11.1 Å². The second kappa shape index (κ2) is 7.65. The first-order valence-corrected chi connectivity index (χ1v) is 9.34. The van der Waals surface area contributed by atoms with Crippen LogP contribution in [0.3, 0.4) is 0 Å². The molecule has 3 N–H and O–H groups in total. The minimum atomic E-state index is -4.03. The van der Waals surface area contributed by atoms with Crippen LogP contribution in [0.25, 0.3) is 0 Å². The number of amides is 1. The van der Waals surface area contributed by atoms with Gasteiger partial charge < -0.3 is 11.1 Å². The van der Waals surface area contributed by atoms with Gasteiger partial charge in [-0.1, -0.05) is 11.6 Å². The Bertz CT molecular complexity index is 926. The molecule has 0 aliphatic carbocycles. The van der Waals surface area contributed by atoms with E-state index in [0.717, 1.165) is 10.4 Å². The van der Waals surface area contributed by atoms with Crippen molar-refractivity contribution in [1.29, 1.82) is 0 Å². The Kier molecular flexibility index (Phi) is 5.99. The van der Waals surface area contributed by atoms with Gasteiger partial charge in [0.25, 0.3) is 0 Å². The Morgan fingerprint density at radius 2 is 2.12 bits per heavy atom. The fourth-order valence-electron chi connectivity index (χ4n) is 1.87. The first-order valence-electron chi connectivity index (χ1n) is 6.73. The fraction of sp³-hybridized carbons (Fsp3) is 0.143. The molecular weight excluding hydrogens is 439 g/mol. The molecule has 1 aromatic heterocycles. The molecule has 2 aromatic rings. The summed E-state index contributed by atoms with van der Waals surface area (Å²) in [5.74, 6) is -1.44. The Hall–Kier alpha value is -1.75. The second-order valence-corrected chi connectivity index (χ2v) is 8.31. The van der Waals surface area contributed by atoms with E-state index in [2.05, 4.69) is 26.2 Å². The number of carbonyl (C=O) groups is 1. The molecule has 1 heterocycles. The van der Waals surface area contributed by atoms with E-state index < -0.39 is 28.3 Å². The number of halogens is 3. The van der Waals surface area contributed by atoms with Crippen LogP contribution >= 0.6 is 27.5 Å². The molecule has 0 bridgehead atoms. The van der Waals surface area contributed by atoms with Crippen molar-refractivity contribution in [3.63, 3.8) is 0 Å². The monoisotopic (exact) mass is 450 g/mol. The minimum Gasteiger partial charge on any atom is -0.383 e. The lowest BCUT2D eigenvalue weighted by atomic mass is 10.3. The molecule has 0 atom stereocenters. The van der Waals surface area contributed by atoms with E-state index in [0.29, 0.717) is 4.47 Å². The topological polar surface area (TPSA) is 105 Å². The van der Waals surface area contributed by atoms with Crippen molar-refractivity contribution in [2.75, 3.05) is 24.6 Å². The molecule has 7 nitrogen and oxygen atoms in total. The standard InChI is InChI=1S/C14H13BrClFN4O3S/c1-21(25(23,24)12-4-8(15)6-19-14(12)18)7-13(22)20-9-2-3-11(17)10(16)5-9/h2-6H,7H2,1H3,(H2,18,19)(H,20,22). The van der Waals surface area contributed by atoms with Crippen molar-refractivity contribution >= 4 is 55.0 Å². The van der Waals surface area contributed by atoms with E-state index in [9.17, 15) is 17.6 Å². The van der Waals surface area contributed by atoms with Crippen LogP contribution in [0.1, 0.15) is 0 Å². The van der Waals surface area contributed by atoms with Gasteiger partial charge >= 0.3 is 0 Å². The molecule has 2 rings (SSSR count). The highest BCUT2D eigenvalue weighted by atomic mass is 79.9. The van der Waals surface area contributed by atoms with Gasteiger partial charge in [-0.05, 0) is 40.2 Å². The van der Waals surface area contributed by atoms with Gasteiger partial charge in [0.15, 0.2) is 0 Å². The number of hydrogen-bond donors (Lipinski definition) is 2. The van der Waals surface area contributed by atoms with Gasteiger partial charge in [-0.2, -0.15) is 4.31 Å². The number of aromatic nitrogens is 1. The molecule has 1 aromatic carbocycles. The van der Waals surface area contributed by atoms with Crippen LogP contribution in [0.2, 0.25) is 5.02 Å². The lowest BCUT2D eigenvalue weighted by molar-refractivity contribution is -0.116. The summed E-state index contributed by atoms with van der Waals surface area (Å²) < 4.78 is 39.4. The number of nitrogen functional groups attached to an aromatic ring is 1. The molecule has 0 radical (unpaired) electrons. The summed E-state index contributed by atoms with van der Waals surface area (Å²) >= 11 is 8.75. The van der Waals surface area contributed by atoms with E-state index in [1.54, 1.807) is 0 Å². The third-order valence-corrected chi connectivity index (χ3v) is 5.66. The summed E-state index contributed by atoms with van der Waals surface area (Å²) in [6, 6.07) is 4.92. The van der Waals surface area contributed by atoms with Crippen LogP contribution in [0.15, 0.2) is 39.8 Å². The van der Waals surface area contributed by atoms with Crippen molar-refractivity contribution in [2.24, 2.45) is 0 Å². The Balaban J connectivity index is 2.14. The third kappa shape index (κ3) is 4.66. The summed E-state index contributed by atoms with van der Waals surface area (Å²) in [6.45, 7) is -0.483. The lowest BCUT2D eigenvalue weighted by Gasteiger charge is -2.18. The maximum atomic E-state index is 13.1. The minimum absolute atomic E-state index is 0.160. The van der Waals surface area contributed by atoms with Crippen LogP contribution in [0.4, 0.5) is 15.9 Å². The number of nitrogens with two attached hydrogens (primary N) is 1. The third-order valence-electron chi connectivity index (χ3n) is 3.11. The van der Waals surface area contributed by atoms with Crippen LogP contribution in [0.5, 0.6) is 0 Å². The lowest BCUT2D eigenvalue weighted by Crippen LogP contribution is -2.35. The van der Waals surface area contributed by atoms with E-state index in [-0.39, 0.29) is 21.4 Å². The number of sulfonamides is 1. The zero-order valence-corrected chi connectivity index (χ0v) is 16.0. The molecule has 0 spiro atoms. The number of carbonyl (C=O) groups excluding carboxylic acids is 1. The van der Waals surface area contributed by atoms with Crippen molar-refractivity contribution in [2.45, 2.75) is 4.90 Å². The second-order valence-electron chi connectivity index (χ2n) is 4.98. The number of benzene rings is 1. The molecule has 0 fully saturated rings. The number of likely N-dealkylation sites (N-methyl/N-ethyl adjacent to an activating group) is 1. The van der Waals surface area contributed by atoms with Crippen LogP contribution in [0, 0.1) is 5.82 Å². The van der Waals surface area contributed by atoms with Crippen molar-refractivity contribution in [1.82, 2.24) is 9.29 Å². The average molecular weight is 452 g/mol. The van der Waals surface area contributed by atoms with Crippen LogP contribution in [-0.4, -0.2) is 37.2 Å². The molecule has 0 unspecified atom stereocenters. The predicted molar refractivity (Wildman–Crippen MR) is 96.2 cm³/mol. The van der Waals surface area contributed by atoms with Crippen molar-refractivity contribution < 1.29 is 17.6 Å². The fourth-order valence-corrected chi connectivity index (χ4v) is 3.75. The van der Waals surface area contributed by atoms with Gasteiger partial charge in [0, 0.05) is 23.4 Å². The molecule has 134 valence electrons. The summed E-state index contributed by atoms with van der Waals surface area (Å²) in [5, 5.41) is 2.28. The maximum absolute atomic E-state index is 13.1. The number of nitrogens with zero attached hydrogens (tertiary/aromatic N) is 2. The number of nitrogens with one attached hydrogen (secondary N) is 1. The Morgan fingerprint density at radius 3 is 2.76 bits per heavy atom. The zero-order valence-electron chi connectivity index (χ0n) is 12.8. The van der Waals surface area contributed by atoms with Gasteiger partial charge in [-0.15, -0.1) is 0 Å². The summed E-state index contributed by atoms with van der Waals surface area (Å²) in [4.78, 5) is 15.6. The number of hydrogen-bond acceptors (Lipinski definition) is 5. The highest BCUT2D eigenvalue weighted by Gasteiger charge is 2.26. The first kappa shape index (κ1) is 19.6. The predicted octanol–water partition coefficient (Wildman–Crippen LogP) is 2.48. The largest absolute Gasteiger partial charge is 0.383 e. The van der Waals surface area contributed by atoms with Crippen LogP contribution in [-0.2, 0) is 14.8 Å². The molecular formula is C14H13BrClFN4O3S. The van der Waals surface area contributed by atoms with Gasteiger partial charge in [-0.3, -0.25) is 4.79 Å². The summed E-state index contributed by atoms with van der Waals surface area (Å²) in [7, 11) is -2.80. The summed E-state index contributed by atoms with van der Waals surface area (Å²) in [5.41, 5.74) is 5.85. The zero-order chi connectivity index (χ0) is 18.8. The Labute approximate surface area is 157 Å². The molecule has 25 heavy (non-hydrogen) atoms. The normalized spacial score (nSPS) is 11.6. The molecule has 0 aliphatic rings. The highest BCUT2D eigenvalue weighted by molar-refractivity contribution is 9.10. The number of rotatable bonds is 5. The van der Waals surface area contributed by atoms with Gasteiger partial charge in [0.2, 0.25) is 15.9 Å². The van der Waals surface area contributed by atoms with Gasteiger partial charge in [0.1, 0.15) is 16.5 Å². The number of anilines is 2. The molecule has 0 saturated heterocycles. The molecule has 0 aliphatic heterocycles. The maximum Gasteiger partial charge on any atom is 0.246 e. The van der Waals surface area contributed by atoms with Gasteiger partial charge in [-0.25, -0.2) is 17.8 Å². The van der Waals surface area contributed by atoms with E-state index in [4.69, 9.17) is 17.3 Å². The first-order chi connectivity index (χ1) is 11.6.